The third kappa shape index (κ3) is 5.48. The lowest BCUT2D eigenvalue weighted by Crippen LogP contribution is -2.41. The standard InChI is InChI=1S/C16H19N3O6/c1-18(16(23)25-19-13(20)7-8-14(19)21)10-9-17-15(22)24-11-12-5-3-2-4-6-12/h2-6H,7-11H2,1H3,(H,17,22). The van der Waals surface area contributed by atoms with Gasteiger partial charge < -0.3 is 19.8 Å². The molecule has 2 rings (SSSR count). The molecule has 0 atom stereocenters. The topological polar surface area (TPSA) is 105 Å². The van der Waals surface area contributed by atoms with Crippen LogP contribution in [0, 0.1) is 0 Å². The molecule has 1 aromatic rings. The third-order valence-electron chi connectivity index (χ3n) is 3.42. The summed E-state index contributed by atoms with van der Waals surface area (Å²) in [5.74, 6) is -1.09. The smallest absolute Gasteiger partial charge is 0.434 e. The quantitative estimate of drug-likeness (QED) is 0.770. The molecule has 1 N–H and O–H groups in total. The molecule has 9 nitrogen and oxygen atoms in total. The number of ether oxygens (including phenoxy) is 1. The van der Waals surface area contributed by atoms with Gasteiger partial charge in [-0.3, -0.25) is 9.59 Å². The van der Waals surface area contributed by atoms with Crippen LogP contribution in [0.2, 0.25) is 0 Å². The summed E-state index contributed by atoms with van der Waals surface area (Å²) >= 11 is 0. The van der Waals surface area contributed by atoms with Crippen molar-refractivity contribution in [2.45, 2.75) is 19.4 Å². The molecule has 0 spiro atoms. The van der Waals surface area contributed by atoms with Crippen molar-refractivity contribution >= 4 is 24.0 Å². The van der Waals surface area contributed by atoms with E-state index in [0.29, 0.717) is 5.06 Å². The molecule has 25 heavy (non-hydrogen) atoms. The van der Waals surface area contributed by atoms with Crippen molar-refractivity contribution in [1.82, 2.24) is 15.3 Å². The Hall–Kier alpha value is -3.10. The number of imide groups is 1. The van der Waals surface area contributed by atoms with Gasteiger partial charge in [-0.2, -0.15) is 0 Å². The van der Waals surface area contributed by atoms with E-state index in [2.05, 4.69) is 5.32 Å². The Kier molecular flexibility index (Phi) is 6.33. The molecule has 1 heterocycles. The van der Waals surface area contributed by atoms with Gasteiger partial charge in [-0.1, -0.05) is 30.3 Å². The van der Waals surface area contributed by atoms with Gasteiger partial charge in [0.2, 0.25) is 0 Å². The molecule has 0 bridgehead atoms. The molecular weight excluding hydrogens is 330 g/mol. The van der Waals surface area contributed by atoms with Crippen molar-refractivity contribution < 1.29 is 28.8 Å². The highest BCUT2D eigenvalue weighted by molar-refractivity contribution is 6.01. The van der Waals surface area contributed by atoms with Crippen molar-refractivity contribution in [3.05, 3.63) is 35.9 Å². The van der Waals surface area contributed by atoms with Crippen LogP contribution < -0.4 is 5.32 Å². The summed E-state index contributed by atoms with van der Waals surface area (Å²) in [6.07, 6.45) is -1.41. The molecule has 0 saturated carbocycles. The van der Waals surface area contributed by atoms with Gasteiger partial charge in [0, 0.05) is 33.0 Å². The van der Waals surface area contributed by atoms with Crippen LogP contribution >= 0.6 is 0 Å². The van der Waals surface area contributed by atoms with E-state index >= 15 is 0 Å². The predicted molar refractivity (Wildman–Crippen MR) is 84.8 cm³/mol. The predicted octanol–water partition coefficient (Wildman–Crippen LogP) is 1.05. The summed E-state index contributed by atoms with van der Waals surface area (Å²) in [4.78, 5) is 52.0. The van der Waals surface area contributed by atoms with Gasteiger partial charge in [0.05, 0.1) is 0 Å². The van der Waals surface area contributed by atoms with Crippen LogP contribution in [0.25, 0.3) is 0 Å². The number of carbonyl (C=O) groups excluding carboxylic acids is 4. The maximum atomic E-state index is 11.8. The van der Waals surface area contributed by atoms with Crippen LogP contribution in [0.1, 0.15) is 18.4 Å². The molecule has 1 aliphatic heterocycles. The number of carbonyl (C=O) groups is 4. The first-order valence-electron chi connectivity index (χ1n) is 7.71. The molecule has 0 radical (unpaired) electrons. The van der Waals surface area contributed by atoms with Gasteiger partial charge in [0.1, 0.15) is 6.61 Å². The molecule has 0 aliphatic carbocycles. The Morgan fingerprint density at radius 1 is 1.16 bits per heavy atom. The van der Waals surface area contributed by atoms with E-state index in [0.717, 1.165) is 10.5 Å². The normalized spacial score (nSPS) is 13.6. The van der Waals surface area contributed by atoms with E-state index in [1.807, 2.05) is 30.3 Å². The van der Waals surface area contributed by atoms with Gasteiger partial charge in [-0.25, -0.2) is 9.59 Å². The lowest BCUT2D eigenvalue weighted by Gasteiger charge is -2.19. The average Bonchev–Trinajstić information content (AvgIpc) is 2.92. The van der Waals surface area contributed by atoms with E-state index in [4.69, 9.17) is 9.57 Å². The fourth-order valence-corrected chi connectivity index (χ4v) is 2.00. The van der Waals surface area contributed by atoms with E-state index in [1.165, 1.54) is 7.05 Å². The first-order valence-corrected chi connectivity index (χ1v) is 7.71. The molecule has 4 amide bonds. The number of benzene rings is 1. The van der Waals surface area contributed by atoms with E-state index in [1.54, 1.807) is 0 Å². The van der Waals surface area contributed by atoms with Crippen molar-refractivity contribution in [2.24, 2.45) is 0 Å². The van der Waals surface area contributed by atoms with Gasteiger partial charge in [0.25, 0.3) is 11.8 Å². The van der Waals surface area contributed by atoms with Crippen molar-refractivity contribution in [3.63, 3.8) is 0 Å². The van der Waals surface area contributed by atoms with Gasteiger partial charge in [-0.05, 0) is 5.56 Å². The van der Waals surface area contributed by atoms with E-state index in [9.17, 15) is 19.2 Å². The monoisotopic (exact) mass is 349 g/mol. The summed E-state index contributed by atoms with van der Waals surface area (Å²) < 4.78 is 5.02. The van der Waals surface area contributed by atoms with Crippen LogP contribution in [0.5, 0.6) is 0 Å². The van der Waals surface area contributed by atoms with Gasteiger partial charge >= 0.3 is 12.2 Å². The largest absolute Gasteiger partial charge is 0.445 e. The number of amides is 4. The number of hydrogen-bond acceptors (Lipinski definition) is 6. The van der Waals surface area contributed by atoms with Gasteiger partial charge in [-0.15, -0.1) is 5.06 Å². The Bertz CT molecular complexity index is 633. The van der Waals surface area contributed by atoms with Crippen LogP contribution in [-0.2, 0) is 25.8 Å². The summed E-state index contributed by atoms with van der Waals surface area (Å²) in [5, 5.41) is 2.96. The fraction of sp³-hybridized carbons (Fsp3) is 0.375. The minimum atomic E-state index is -0.858. The molecule has 0 unspecified atom stereocenters. The molecule has 0 aromatic heterocycles. The highest BCUT2D eigenvalue weighted by Crippen LogP contribution is 2.12. The van der Waals surface area contributed by atoms with Crippen molar-refractivity contribution in [3.8, 4) is 0 Å². The average molecular weight is 349 g/mol. The summed E-state index contributed by atoms with van der Waals surface area (Å²) in [6, 6.07) is 9.21. The fourth-order valence-electron chi connectivity index (χ4n) is 2.00. The van der Waals surface area contributed by atoms with Crippen LogP contribution in [0.3, 0.4) is 0 Å². The van der Waals surface area contributed by atoms with Crippen molar-refractivity contribution in [2.75, 3.05) is 20.1 Å². The molecular formula is C16H19N3O6. The van der Waals surface area contributed by atoms with Crippen LogP contribution in [-0.4, -0.2) is 54.1 Å². The Balaban J connectivity index is 1.64. The number of nitrogens with one attached hydrogen (secondary N) is 1. The maximum absolute atomic E-state index is 11.8. The van der Waals surface area contributed by atoms with Crippen LogP contribution in [0.4, 0.5) is 9.59 Å². The second-order valence-corrected chi connectivity index (χ2v) is 5.35. The highest BCUT2D eigenvalue weighted by Gasteiger charge is 2.33. The lowest BCUT2D eigenvalue weighted by molar-refractivity contribution is -0.173. The summed E-state index contributed by atoms with van der Waals surface area (Å²) in [5.41, 5.74) is 0.860. The number of likely N-dealkylation sites (N-methyl/N-ethyl adjacent to an activating group) is 1. The lowest BCUT2D eigenvalue weighted by atomic mass is 10.2. The highest BCUT2D eigenvalue weighted by atomic mass is 16.7. The minimum Gasteiger partial charge on any atom is -0.445 e. The molecule has 1 aromatic carbocycles. The Morgan fingerprint density at radius 3 is 2.44 bits per heavy atom. The zero-order chi connectivity index (χ0) is 18.2. The van der Waals surface area contributed by atoms with E-state index in [-0.39, 0.29) is 32.5 Å². The molecule has 1 fully saturated rings. The molecule has 134 valence electrons. The Labute approximate surface area is 144 Å². The number of alkyl carbamates (subject to hydrolysis) is 1. The number of hydroxylamine groups is 2. The van der Waals surface area contributed by atoms with Crippen molar-refractivity contribution in [1.29, 1.82) is 0 Å². The maximum Gasteiger partial charge on any atom is 0.434 e. The summed E-state index contributed by atoms with van der Waals surface area (Å²) in [6.45, 7) is 0.389. The minimum absolute atomic E-state index is 0.0324. The first-order chi connectivity index (χ1) is 12.0. The molecule has 1 aliphatic rings. The Morgan fingerprint density at radius 2 is 1.80 bits per heavy atom. The number of hydrogen-bond donors (Lipinski definition) is 1. The van der Waals surface area contributed by atoms with Gasteiger partial charge in [0.15, 0.2) is 0 Å². The number of nitrogens with zero attached hydrogens (tertiary/aromatic N) is 2. The number of rotatable bonds is 6. The SMILES string of the molecule is CN(CCNC(=O)OCc1ccccc1)C(=O)ON1C(=O)CCC1=O. The van der Waals surface area contributed by atoms with Crippen LogP contribution in [0.15, 0.2) is 30.3 Å². The third-order valence-corrected chi connectivity index (χ3v) is 3.42. The second-order valence-electron chi connectivity index (χ2n) is 5.35. The molecule has 1 saturated heterocycles. The second kappa shape index (κ2) is 8.67. The first kappa shape index (κ1) is 18.2. The zero-order valence-electron chi connectivity index (χ0n) is 13.8. The zero-order valence-corrected chi connectivity index (χ0v) is 13.8. The van der Waals surface area contributed by atoms with E-state index < -0.39 is 24.0 Å². The molecule has 9 heteroatoms. The summed E-state index contributed by atoms with van der Waals surface area (Å²) in [7, 11) is 1.42.